The predicted octanol–water partition coefficient (Wildman–Crippen LogP) is 5.43. The second-order valence-electron chi connectivity index (χ2n) is 3.47. The molecule has 0 radical (unpaired) electrons. The van der Waals surface area contributed by atoms with E-state index in [1.807, 2.05) is 24.3 Å². The number of hydrogen-bond acceptors (Lipinski definition) is 0. The number of benzene rings is 2. The molecule has 0 aliphatic carbocycles. The average molecular weight is 407 g/mol. The molecule has 1 atom stereocenters. The van der Waals surface area contributed by atoms with Crippen molar-refractivity contribution in [2.75, 3.05) is 0 Å². The van der Waals surface area contributed by atoms with Gasteiger partial charge in [0.2, 0.25) is 0 Å². The second-order valence-corrected chi connectivity index (χ2v) is 6.07. The van der Waals surface area contributed by atoms with Gasteiger partial charge in [-0.15, -0.1) is 0 Å². The summed E-state index contributed by atoms with van der Waals surface area (Å²) in [6.07, 6.45) is 0. The highest BCUT2D eigenvalue weighted by Gasteiger charge is 2.09. The van der Waals surface area contributed by atoms with Crippen LogP contribution in [-0.2, 0) is 0 Å². The molecule has 0 saturated carbocycles. The monoisotopic (exact) mass is 406 g/mol. The summed E-state index contributed by atoms with van der Waals surface area (Å²) in [4.78, 5) is 0.222. The highest BCUT2D eigenvalue weighted by atomic mass is 127. The summed E-state index contributed by atoms with van der Waals surface area (Å²) in [5.74, 6) is 0. The maximum absolute atomic E-state index is 5.87. The van der Waals surface area contributed by atoms with Crippen LogP contribution in [0, 0.1) is 3.57 Å². The third-order valence-electron chi connectivity index (χ3n) is 2.30. The molecule has 0 nitrogen and oxygen atoms in total. The first-order chi connectivity index (χ1) is 7.66. The lowest BCUT2D eigenvalue weighted by Gasteiger charge is -2.11. The van der Waals surface area contributed by atoms with Crippen LogP contribution < -0.4 is 0 Å². The molecule has 0 spiro atoms. The lowest BCUT2D eigenvalue weighted by atomic mass is 10.1. The fraction of sp³-hybridized carbons (Fsp3) is 0.0769. The van der Waals surface area contributed by atoms with Gasteiger partial charge in [0, 0.05) is 8.59 Å². The van der Waals surface area contributed by atoms with E-state index < -0.39 is 0 Å². The summed E-state index contributed by atoms with van der Waals surface area (Å²) < 4.78 is 1.24. The molecule has 2 aromatic carbocycles. The van der Waals surface area contributed by atoms with E-state index in [9.17, 15) is 0 Å². The number of alkyl halides is 1. The maximum Gasteiger partial charge on any atom is 0.0645 e. The quantitative estimate of drug-likeness (QED) is 0.460. The first-order valence-corrected chi connectivity index (χ1v) is 7.19. The molecular weight excluding hydrogens is 398 g/mol. The average Bonchev–Trinajstić information content (AvgIpc) is 2.29. The van der Waals surface area contributed by atoms with Crippen molar-refractivity contribution in [3.05, 3.63) is 68.3 Å². The zero-order valence-electron chi connectivity index (χ0n) is 8.33. The molecule has 3 heteroatoms. The van der Waals surface area contributed by atoms with E-state index in [1.54, 1.807) is 0 Å². The Morgan fingerprint density at radius 3 is 2.31 bits per heavy atom. The van der Waals surface area contributed by atoms with E-state index in [4.69, 9.17) is 11.6 Å². The predicted molar refractivity (Wildman–Crippen MR) is 81.4 cm³/mol. The van der Waals surface area contributed by atoms with Gasteiger partial charge in [-0.05, 0) is 58.0 Å². The van der Waals surface area contributed by atoms with Crippen LogP contribution in [0.5, 0.6) is 0 Å². The van der Waals surface area contributed by atoms with Crippen LogP contribution in [0.15, 0.2) is 48.5 Å². The lowest BCUT2D eigenvalue weighted by Crippen LogP contribution is -1.92. The van der Waals surface area contributed by atoms with Gasteiger partial charge in [0.15, 0.2) is 0 Å². The van der Waals surface area contributed by atoms with E-state index in [0.717, 1.165) is 5.02 Å². The summed E-state index contributed by atoms with van der Waals surface area (Å²) in [5, 5.41) is 0.770. The summed E-state index contributed by atoms with van der Waals surface area (Å²) in [6.45, 7) is 0. The smallest absolute Gasteiger partial charge is 0.0645 e. The molecule has 0 N–H and O–H groups in total. The van der Waals surface area contributed by atoms with Crippen molar-refractivity contribution in [3.8, 4) is 0 Å². The lowest BCUT2D eigenvalue weighted by molar-refractivity contribution is 1.17. The van der Waals surface area contributed by atoms with E-state index in [-0.39, 0.29) is 4.83 Å². The number of rotatable bonds is 2. The molecule has 0 saturated heterocycles. The van der Waals surface area contributed by atoms with Crippen LogP contribution in [0.2, 0.25) is 5.02 Å². The Bertz CT molecular complexity index is 482. The number of halogens is 3. The third-order valence-corrected chi connectivity index (χ3v) is 4.28. The standard InChI is InChI=1S/C13H9BrClI/c14-13(9-4-6-11(15)7-5-9)10-2-1-3-12(16)8-10/h1-8,13H. The van der Waals surface area contributed by atoms with Gasteiger partial charge >= 0.3 is 0 Å². The van der Waals surface area contributed by atoms with Crippen molar-refractivity contribution in [1.82, 2.24) is 0 Å². The van der Waals surface area contributed by atoms with Crippen LogP contribution in [0.4, 0.5) is 0 Å². The summed E-state index contributed by atoms with van der Waals surface area (Å²) >= 11 is 11.9. The highest BCUT2D eigenvalue weighted by molar-refractivity contribution is 14.1. The van der Waals surface area contributed by atoms with Gasteiger partial charge < -0.3 is 0 Å². The molecular formula is C13H9BrClI. The minimum atomic E-state index is 0.222. The van der Waals surface area contributed by atoms with Crippen molar-refractivity contribution in [3.63, 3.8) is 0 Å². The topological polar surface area (TPSA) is 0 Å². The molecule has 0 amide bonds. The van der Waals surface area contributed by atoms with Crippen LogP contribution in [-0.4, -0.2) is 0 Å². The summed E-state index contributed by atoms with van der Waals surface area (Å²) in [7, 11) is 0. The fourth-order valence-electron chi connectivity index (χ4n) is 1.49. The molecule has 0 aliphatic rings. The highest BCUT2D eigenvalue weighted by Crippen LogP contribution is 2.31. The Morgan fingerprint density at radius 2 is 1.69 bits per heavy atom. The van der Waals surface area contributed by atoms with Crippen molar-refractivity contribution in [2.45, 2.75) is 4.83 Å². The molecule has 0 fully saturated rings. The molecule has 2 aromatic rings. The maximum atomic E-state index is 5.87. The summed E-state index contributed by atoms with van der Waals surface area (Å²) in [5.41, 5.74) is 2.47. The van der Waals surface area contributed by atoms with Gasteiger partial charge in [0.05, 0.1) is 4.83 Å². The van der Waals surface area contributed by atoms with Gasteiger partial charge in [-0.25, -0.2) is 0 Å². The first-order valence-electron chi connectivity index (χ1n) is 4.82. The Kier molecular flexibility index (Phi) is 4.27. The third kappa shape index (κ3) is 2.99. The molecule has 2 rings (SSSR count). The second kappa shape index (κ2) is 5.52. The Labute approximate surface area is 122 Å². The summed E-state index contributed by atoms with van der Waals surface area (Å²) in [6, 6.07) is 16.4. The van der Waals surface area contributed by atoms with E-state index in [0.29, 0.717) is 0 Å². The van der Waals surface area contributed by atoms with Crippen molar-refractivity contribution in [1.29, 1.82) is 0 Å². The largest absolute Gasteiger partial charge is 0.0843 e. The van der Waals surface area contributed by atoms with Crippen LogP contribution in [0.3, 0.4) is 0 Å². The van der Waals surface area contributed by atoms with E-state index in [1.165, 1.54) is 14.7 Å². The van der Waals surface area contributed by atoms with Gasteiger partial charge in [-0.3, -0.25) is 0 Å². The van der Waals surface area contributed by atoms with Gasteiger partial charge in [-0.2, -0.15) is 0 Å². The molecule has 16 heavy (non-hydrogen) atoms. The van der Waals surface area contributed by atoms with Gasteiger partial charge in [0.25, 0.3) is 0 Å². The normalized spacial score (nSPS) is 12.4. The van der Waals surface area contributed by atoms with Crippen LogP contribution in [0.25, 0.3) is 0 Å². The fourth-order valence-corrected chi connectivity index (χ4v) is 2.77. The van der Waals surface area contributed by atoms with E-state index in [2.05, 4.69) is 62.8 Å². The van der Waals surface area contributed by atoms with Gasteiger partial charge in [-0.1, -0.05) is 51.8 Å². The van der Waals surface area contributed by atoms with Crippen LogP contribution >= 0.6 is 50.1 Å². The minimum absolute atomic E-state index is 0.222. The van der Waals surface area contributed by atoms with Crippen molar-refractivity contribution >= 4 is 50.1 Å². The minimum Gasteiger partial charge on any atom is -0.0843 e. The zero-order chi connectivity index (χ0) is 11.5. The first kappa shape index (κ1) is 12.4. The van der Waals surface area contributed by atoms with Crippen molar-refractivity contribution in [2.24, 2.45) is 0 Å². The Hall–Kier alpha value is -0.0600. The van der Waals surface area contributed by atoms with E-state index >= 15 is 0 Å². The molecule has 82 valence electrons. The molecule has 0 heterocycles. The Balaban J connectivity index is 2.31. The SMILES string of the molecule is Clc1ccc(C(Br)c2cccc(I)c2)cc1. The molecule has 0 bridgehead atoms. The Morgan fingerprint density at radius 1 is 1.00 bits per heavy atom. The van der Waals surface area contributed by atoms with Crippen molar-refractivity contribution < 1.29 is 0 Å². The van der Waals surface area contributed by atoms with Crippen LogP contribution in [0.1, 0.15) is 16.0 Å². The zero-order valence-corrected chi connectivity index (χ0v) is 12.8. The molecule has 0 aliphatic heterocycles. The number of hydrogen-bond donors (Lipinski definition) is 0. The van der Waals surface area contributed by atoms with Gasteiger partial charge in [0.1, 0.15) is 0 Å². The molecule has 1 unspecified atom stereocenters. The molecule has 0 aromatic heterocycles.